The number of fused-ring (bicyclic) bond motifs is 3. The van der Waals surface area contributed by atoms with Gasteiger partial charge in [-0.1, -0.05) is 20.8 Å². The summed E-state index contributed by atoms with van der Waals surface area (Å²) in [6.07, 6.45) is -5.00. The van der Waals surface area contributed by atoms with Crippen LogP contribution in [0.3, 0.4) is 0 Å². The highest BCUT2D eigenvalue weighted by Crippen LogP contribution is 2.49. The Balaban J connectivity index is 1.90. The van der Waals surface area contributed by atoms with Crippen LogP contribution in [0, 0.1) is 28.6 Å². The minimum Gasteiger partial charge on any atom is -0.356 e. The van der Waals surface area contributed by atoms with Crippen molar-refractivity contribution in [3.8, 4) is 6.07 Å². The minimum atomic E-state index is -5.29. The number of rotatable bonds is 6. The fourth-order valence-electron chi connectivity index (χ4n) is 5.58. The number of hydrogen-bond donors (Lipinski definition) is 3. The summed E-state index contributed by atoms with van der Waals surface area (Å²) in [5.41, 5.74) is -1.26. The Labute approximate surface area is 216 Å². The van der Waals surface area contributed by atoms with Crippen LogP contribution in [0.25, 0.3) is 0 Å². The monoisotopic (exact) mass is 549 g/mol. The molecule has 3 aliphatic heterocycles. The Morgan fingerprint density at radius 3 is 2.34 bits per heavy atom. The Hall–Kier alpha value is -2.98. The fourth-order valence-corrected chi connectivity index (χ4v) is 5.58. The number of halogens is 5. The first-order valence-corrected chi connectivity index (χ1v) is 12.5. The summed E-state index contributed by atoms with van der Waals surface area (Å²) in [6.45, 7) is 4.69. The molecule has 1 saturated carbocycles. The lowest BCUT2D eigenvalue weighted by atomic mass is 9.70. The molecule has 3 saturated heterocycles. The van der Waals surface area contributed by atoms with Crippen molar-refractivity contribution >= 4 is 23.6 Å². The summed E-state index contributed by atoms with van der Waals surface area (Å²) in [5.74, 6) is -10.3. The van der Waals surface area contributed by atoms with E-state index in [1.54, 1.807) is 5.32 Å². The van der Waals surface area contributed by atoms with Crippen LogP contribution in [0.15, 0.2) is 0 Å². The standard InChI is InChI=1S/C24H32F5N5O4/c1-22(2,3)17(33-21(38)24(27,28)29)20(37)34-14-6-7-15(23(25,26)10-14)16(34)19(36)32-13(11-30)9-12-5-4-8-31-18(12)35/h12-17H,4-10H2,1-3H3,(H,31,35)(H,32,36)(H,33,38)/t12-,13-,14-,15-,16-,17-/m0/s1. The molecule has 4 amide bonds. The SMILES string of the molecule is CC(C)(C)[C@@H](NC(=O)C(F)(F)F)C(=O)N1[C@H]2CC[C@@H]([C@H]1C(=O)N[C@H](C#N)C[C@@H]1CCCNC1=O)C(F)(F)C2. The van der Waals surface area contributed by atoms with Gasteiger partial charge in [-0.25, -0.2) is 8.78 Å². The second kappa shape index (κ2) is 10.6. The summed E-state index contributed by atoms with van der Waals surface area (Å²) in [6, 6.07) is -4.06. The molecule has 4 aliphatic rings. The molecular weight excluding hydrogens is 517 g/mol. The third kappa shape index (κ3) is 6.18. The first kappa shape index (κ1) is 29.6. The molecule has 4 fully saturated rings. The van der Waals surface area contributed by atoms with Gasteiger partial charge in [-0.2, -0.15) is 18.4 Å². The lowest BCUT2D eigenvalue weighted by molar-refractivity contribution is -0.197. The van der Waals surface area contributed by atoms with Crippen LogP contribution in [-0.4, -0.2) is 71.3 Å². The number of carbonyl (C=O) groups excluding carboxylic acids is 4. The van der Waals surface area contributed by atoms with Gasteiger partial charge in [-0.15, -0.1) is 0 Å². The number of nitriles is 1. The van der Waals surface area contributed by atoms with Crippen molar-refractivity contribution in [2.24, 2.45) is 17.3 Å². The zero-order valence-corrected chi connectivity index (χ0v) is 21.3. The third-order valence-electron chi connectivity index (χ3n) is 7.50. The largest absolute Gasteiger partial charge is 0.471 e. The number of hydrogen-bond acceptors (Lipinski definition) is 5. The number of piperidine rings is 3. The molecule has 6 atom stereocenters. The zero-order valence-electron chi connectivity index (χ0n) is 21.3. The summed E-state index contributed by atoms with van der Waals surface area (Å²) >= 11 is 0. The number of nitrogens with one attached hydrogen (secondary N) is 3. The molecule has 3 N–H and O–H groups in total. The highest BCUT2D eigenvalue weighted by atomic mass is 19.4. The van der Waals surface area contributed by atoms with E-state index in [9.17, 15) is 46.4 Å². The van der Waals surface area contributed by atoms with Crippen molar-refractivity contribution in [3.63, 3.8) is 0 Å². The van der Waals surface area contributed by atoms with Crippen LogP contribution in [-0.2, 0) is 19.2 Å². The normalized spacial score (nSPS) is 28.5. The van der Waals surface area contributed by atoms with E-state index in [1.165, 1.54) is 20.8 Å². The summed E-state index contributed by atoms with van der Waals surface area (Å²) in [7, 11) is 0. The first-order valence-electron chi connectivity index (χ1n) is 12.5. The van der Waals surface area contributed by atoms with E-state index in [2.05, 4.69) is 10.6 Å². The maximum Gasteiger partial charge on any atom is 0.471 e. The molecule has 0 radical (unpaired) electrons. The molecule has 0 unspecified atom stereocenters. The van der Waals surface area contributed by atoms with E-state index in [-0.39, 0.29) is 25.2 Å². The minimum absolute atomic E-state index is 0.0640. The molecular formula is C24H32F5N5O4. The van der Waals surface area contributed by atoms with Crippen molar-refractivity contribution in [2.75, 3.05) is 6.54 Å². The molecule has 2 bridgehead atoms. The van der Waals surface area contributed by atoms with Crippen LogP contribution in [0.1, 0.15) is 59.3 Å². The molecule has 14 heteroatoms. The number of carbonyl (C=O) groups is 4. The average Bonchev–Trinajstić information content (AvgIpc) is 2.80. The second-order valence-electron chi connectivity index (χ2n) is 11.3. The van der Waals surface area contributed by atoms with E-state index in [0.717, 1.165) is 4.90 Å². The van der Waals surface area contributed by atoms with Crippen molar-refractivity contribution in [3.05, 3.63) is 0 Å². The number of nitrogens with zero attached hydrogens (tertiary/aromatic N) is 2. The van der Waals surface area contributed by atoms with E-state index >= 15 is 0 Å². The third-order valence-corrected chi connectivity index (χ3v) is 7.50. The molecule has 1 aliphatic carbocycles. The van der Waals surface area contributed by atoms with Crippen molar-refractivity contribution < 1.29 is 41.1 Å². The predicted molar refractivity (Wildman–Crippen MR) is 122 cm³/mol. The Bertz CT molecular complexity index is 1010. The maximum atomic E-state index is 14.9. The lowest BCUT2D eigenvalue weighted by Gasteiger charge is -2.55. The Kier molecular flexibility index (Phi) is 8.29. The van der Waals surface area contributed by atoms with E-state index in [1.807, 2.05) is 6.07 Å². The topological polar surface area (TPSA) is 131 Å². The van der Waals surface area contributed by atoms with Crippen molar-refractivity contribution in [1.82, 2.24) is 20.9 Å². The Morgan fingerprint density at radius 1 is 1.16 bits per heavy atom. The molecule has 3 heterocycles. The first-order chi connectivity index (χ1) is 17.5. The quantitative estimate of drug-likeness (QED) is 0.437. The zero-order chi connectivity index (χ0) is 28.6. The van der Waals surface area contributed by atoms with Gasteiger partial charge in [0.05, 0.1) is 12.0 Å². The number of amides is 4. The highest BCUT2D eigenvalue weighted by molar-refractivity contribution is 5.94. The van der Waals surface area contributed by atoms with Gasteiger partial charge < -0.3 is 20.9 Å². The molecule has 0 spiro atoms. The smallest absolute Gasteiger partial charge is 0.356 e. The fraction of sp³-hybridized carbons (Fsp3) is 0.792. The maximum absolute atomic E-state index is 14.9. The molecule has 38 heavy (non-hydrogen) atoms. The summed E-state index contributed by atoms with van der Waals surface area (Å²) in [5, 5.41) is 16.3. The van der Waals surface area contributed by atoms with E-state index < -0.39 is 77.7 Å². The van der Waals surface area contributed by atoms with Gasteiger partial charge in [0.25, 0.3) is 5.92 Å². The second-order valence-corrected chi connectivity index (χ2v) is 11.3. The predicted octanol–water partition coefficient (Wildman–Crippen LogP) is 2.02. The summed E-state index contributed by atoms with van der Waals surface area (Å²) < 4.78 is 68.9. The van der Waals surface area contributed by atoms with Crippen LogP contribution >= 0.6 is 0 Å². The summed E-state index contributed by atoms with van der Waals surface area (Å²) in [4.78, 5) is 51.7. The van der Waals surface area contributed by atoms with Crippen LogP contribution < -0.4 is 16.0 Å². The van der Waals surface area contributed by atoms with Crippen LogP contribution in [0.2, 0.25) is 0 Å². The van der Waals surface area contributed by atoms with Gasteiger partial charge in [0.1, 0.15) is 18.1 Å². The number of alkyl halides is 5. The highest BCUT2D eigenvalue weighted by Gasteiger charge is 2.61. The average molecular weight is 550 g/mol. The van der Waals surface area contributed by atoms with Gasteiger partial charge in [0, 0.05) is 24.9 Å². The Morgan fingerprint density at radius 2 is 1.82 bits per heavy atom. The molecule has 4 rings (SSSR count). The van der Waals surface area contributed by atoms with E-state index in [0.29, 0.717) is 19.4 Å². The van der Waals surface area contributed by atoms with Crippen LogP contribution in [0.4, 0.5) is 22.0 Å². The molecule has 0 aromatic carbocycles. The lowest BCUT2D eigenvalue weighted by Crippen LogP contribution is -2.71. The van der Waals surface area contributed by atoms with Gasteiger partial charge in [-0.3, -0.25) is 19.2 Å². The molecule has 9 nitrogen and oxygen atoms in total. The van der Waals surface area contributed by atoms with Gasteiger partial charge in [0.15, 0.2) is 0 Å². The molecule has 0 aromatic rings. The van der Waals surface area contributed by atoms with Gasteiger partial charge in [-0.05, 0) is 37.5 Å². The van der Waals surface area contributed by atoms with Crippen molar-refractivity contribution in [1.29, 1.82) is 5.26 Å². The van der Waals surface area contributed by atoms with Gasteiger partial charge >= 0.3 is 12.1 Å². The van der Waals surface area contributed by atoms with Gasteiger partial charge in [0.2, 0.25) is 17.7 Å². The van der Waals surface area contributed by atoms with E-state index in [4.69, 9.17) is 0 Å². The van der Waals surface area contributed by atoms with Crippen molar-refractivity contribution in [2.45, 2.75) is 95.6 Å². The van der Waals surface area contributed by atoms with Crippen LogP contribution in [0.5, 0.6) is 0 Å². The molecule has 0 aromatic heterocycles. The molecule has 212 valence electrons.